The number of nitrogens with zero attached hydrogens (tertiary/aromatic N) is 3. The number of fused-ring (bicyclic) bond motifs is 2. The molecule has 0 saturated heterocycles. The number of aryl methyl sites for hydroxylation is 2. The van der Waals surface area contributed by atoms with Crippen LogP contribution in [-0.2, 0) is 19.5 Å². The van der Waals surface area contributed by atoms with Gasteiger partial charge in [0, 0.05) is 30.5 Å². The molecule has 0 bridgehead atoms. The monoisotopic (exact) mass is 395 g/mol. The smallest absolute Gasteiger partial charge is 0.261 e. The van der Waals surface area contributed by atoms with Crippen LogP contribution in [0.4, 0.5) is 0 Å². The highest BCUT2D eigenvalue weighted by molar-refractivity contribution is 7.10. The van der Waals surface area contributed by atoms with Crippen molar-refractivity contribution in [3.8, 4) is 0 Å². The number of carbonyl (C=O) groups excluding carboxylic acids is 1. The number of hydrogen-bond acceptors (Lipinski definition) is 4. The summed E-state index contributed by atoms with van der Waals surface area (Å²) in [6.07, 6.45) is 5.23. The van der Waals surface area contributed by atoms with Crippen LogP contribution < -0.4 is 5.56 Å². The molecule has 5 nitrogen and oxygen atoms in total. The molecule has 1 aliphatic heterocycles. The van der Waals surface area contributed by atoms with E-state index < -0.39 is 0 Å². The Morgan fingerprint density at radius 1 is 1.21 bits per heavy atom. The normalized spacial score (nSPS) is 14.4. The average Bonchev–Trinajstić information content (AvgIpc) is 3.07. The van der Waals surface area contributed by atoms with E-state index in [1.807, 2.05) is 17.0 Å². The van der Waals surface area contributed by atoms with Gasteiger partial charge >= 0.3 is 0 Å². The summed E-state index contributed by atoms with van der Waals surface area (Å²) in [6, 6.07) is 7.35. The Morgan fingerprint density at radius 3 is 2.82 bits per heavy atom. The number of thiophene rings is 1. The molecule has 0 unspecified atom stereocenters. The summed E-state index contributed by atoms with van der Waals surface area (Å²) in [5.41, 5.74) is 2.43. The van der Waals surface area contributed by atoms with Crippen LogP contribution in [0.3, 0.4) is 0 Å². The van der Waals surface area contributed by atoms with Crippen LogP contribution in [0.2, 0.25) is 0 Å². The van der Waals surface area contributed by atoms with Crippen LogP contribution in [0.5, 0.6) is 0 Å². The van der Waals surface area contributed by atoms with Crippen molar-refractivity contribution in [3.63, 3.8) is 0 Å². The van der Waals surface area contributed by atoms with Gasteiger partial charge in [0.15, 0.2) is 0 Å². The molecule has 0 N–H and O–H groups in total. The van der Waals surface area contributed by atoms with Crippen molar-refractivity contribution in [3.05, 3.63) is 61.8 Å². The van der Waals surface area contributed by atoms with E-state index in [2.05, 4.69) is 13.0 Å². The highest BCUT2D eigenvalue weighted by Gasteiger charge is 2.17. The minimum absolute atomic E-state index is 0.0171. The van der Waals surface area contributed by atoms with E-state index in [0.717, 1.165) is 38.1 Å². The second-order valence-electron chi connectivity index (χ2n) is 7.57. The van der Waals surface area contributed by atoms with E-state index in [4.69, 9.17) is 4.98 Å². The maximum atomic E-state index is 12.9. The highest BCUT2D eigenvalue weighted by Crippen LogP contribution is 2.20. The summed E-state index contributed by atoms with van der Waals surface area (Å²) in [5.74, 6) is 0.799. The predicted octanol–water partition coefficient (Wildman–Crippen LogP) is 4.16. The predicted molar refractivity (Wildman–Crippen MR) is 113 cm³/mol. The van der Waals surface area contributed by atoms with Crippen molar-refractivity contribution in [1.82, 2.24) is 14.5 Å². The first-order chi connectivity index (χ1) is 13.5. The molecular weight excluding hydrogens is 370 g/mol. The fraction of sp³-hybridized carbons (Fsp3) is 0.409. The van der Waals surface area contributed by atoms with E-state index in [1.54, 1.807) is 34.4 Å². The minimum Gasteiger partial charge on any atom is -0.337 e. The fourth-order valence-electron chi connectivity index (χ4n) is 3.80. The van der Waals surface area contributed by atoms with Gasteiger partial charge in [0.25, 0.3) is 11.5 Å². The van der Waals surface area contributed by atoms with Crippen LogP contribution in [0.1, 0.15) is 52.3 Å². The van der Waals surface area contributed by atoms with Crippen LogP contribution >= 0.6 is 11.3 Å². The summed E-state index contributed by atoms with van der Waals surface area (Å²) < 4.78 is 1.83. The van der Waals surface area contributed by atoms with Gasteiger partial charge in [0.1, 0.15) is 5.82 Å². The van der Waals surface area contributed by atoms with E-state index in [9.17, 15) is 9.59 Å². The molecule has 1 aliphatic rings. The van der Waals surface area contributed by atoms with E-state index in [-0.39, 0.29) is 11.5 Å². The molecule has 3 heterocycles. The van der Waals surface area contributed by atoms with Crippen LogP contribution in [0.25, 0.3) is 10.9 Å². The zero-order chi connectivity index (χ0) is 19.7. The van der Waals surface area contributed by atoms with Gasteiger partial charge in [-0.25, -0.2) is 4.98 Å². The first kappa shape index (κ1) is 18.9. The number of amides is 1. The molecular formula is C22H25N3O2S. The molecule has 0 fully saturated rings. The second-order valence-corrected chi connectivity index (χ2v) is 8.57. The fourth-order valence-corrected chi connectivity index (χ4v) is 4.76. The van der Waals surface area contributed by atoms with Crippen molar-refractivity contribution in [2.24, 2.45) is 0 Å². The molecule has 1 amide bonds. The van der Waals surface area contributed by atoms with Gasteiger partial charge in [-0.3, -0.25) is 14.2 Å². The summed E-state index contributed by atoms with van der Waals surface area (Å²) in [7, 11) is 1.81. The Morgan fingerprint density at radius 2 is 2.04 bits per heavy atom. The maximum absolute atomic E-state index is 12.9. The van der Waals surface area contributed by atoms with Gasteiger partial charge in [-0.1, -0.05) is 12.8 Å². The third-order valence-electron chi connectivity index (χ3n) is 5.51. The molecule has 0 saturated carbocycles. The summed E-state index contributed by atoms with van der Waals surface area (Å²) >= 11 is 1.66. The molecule has 0 spiro atoms. The van der Waals surface area contributed by atoms with Gasteiger partial charge in [-0.2, -0.15) is 0 Å². The van der Waals surface area contributed by atoms with Gasteiger partial charge in [0.2, 0.25) is 0 Å². The topological polar surface area (TPSA) is 55.2 Å². The second kappa shape index (κ2) is 7.87. The van der Waals surface area contributed by atoms with Crippen LogP contribution in [-0.4, -0.2) is 27.4 Å². The van der Waals surface area contributed by atoms with Gasteiger partial charge in [-0.15, -0.1) is 11.3 Å². The molecule has 146 valence electrons. The van der Waals surface area contributed by atoms with Crippen molar-refractivity contribution >= 4 is 28.1 Å². The summed E-state index contributed by atoms with van der Waals surface area (Å²) in [4.78, 5) is 33.5. The molecule has 4 rings (SSSR count). The number of aromatic nitrogens is 2. The number of rotatable bonds is 3. The van der Waals surface area contributed by atoms with Crippen molar-refractivity contribution in [2.45, 2.75) is 52.1 Å². The lowest BCUT2D eigenvalue weighted by molar-refractivity contribution is 0.0786. The quantitative estimate of drug-likeness (QED) is 0.669. The third kappa shape index (κ3) is 3.61. The van der Waals surface area contributed by atoms with Gasteiger partial charge in [-0.05, 0) is 55.0 Å². The number of benzene rings is 1. The van der Waals surface area contributed by atoms with Gasteiger partial charge in [0.05, 0.1) is 17.4 Å². The molecule has 3 aromatic rings. The number of hydrogen-bond donors (Lipinski definition) is 0. The maximum Gasteiger partial charge on any atom is 0.261 e. The molecule has 28 heavy (non-hydrogen) atoms. The SMILES string of the molecule is Cc1ccsc1CN(C)C(=O)c1ccc2c(=O)n3c(nc2c1)CCCCCC3. The van der Waals surface area contributed by atoms with Crippen molar-refractivity contribution in [2.75, 3.05) is 7.05 Å². The van der Waals surface area contributed by atoms with E-state index >= 15 is 0 Å². The third-order valence-corrected chi connectivity index (χ3v) is 6.52. The molecule has 0 atom stereocenters. The standard InChI is InChI=1S/C22H25N3O2S/c1-15-10-12-28-19(15)14-24(2)21(26)16-8-9-17-18(13-16)23-20-7-5-3-4-6-11-25(20)22(17)27/h8-10,12-13H,3-7,11,14H2,1-2H3. The Balaban J connectivity index is 1.67. The zero-order valence-corrected chi connectivity index (χ0v) is 17.2. The summed E-state index contributed by atoms with van der Waals surface area (Å²) in [6.45, 7) is 3.38. The first-order valence-electron chi connectivity index (χ1n) is 9.86. The molecule has 1 aromatic carbocycles. The van der Waals surface area contributed by atoms with E-state index in [1.165, 1.54) is 16.9 Å². The summed E-state index contributed by atoms with van der Waals surface area (Å²) in [5, 5.41) is 2.64. The largest absolute Gasteiger partial charge is 0.337 e. The lowest BCUT2D eigenvalue weighted by atomic mass is 10.1. The Kier molecular flexibility index (Phi) is 5.31. The molecule has 6 heteroatoms. The average molecular weight is 396 g/mol. The highest BCUT2D eigenvalue weighted by atomic mass is 32.1. The lowest BCUT2D eigenvalue weighted by Gasteiger charge is -2.18. The molecule has 0 aliphatic carbocycles. The number of carbonyl (C=O) groups is 1. The Hall–Kier alpha value is -2.47. The van der Waals surface area contributed by atoms with Crippen molar-refractivity contribution in [1.29, 1.82) is 0 Å². The molecule has 0 radical (unpaired) electrons. The van der Waals surface area contributed by atoms with Crippen LogP contribution in [0, 0.1) is 6.92 Å². The Bertz CT molecular complexity index is 1080. The van der Waals surface area contributed by atoms with E-state index in [0.29, 0.717) is 23.0 Å². The molecule has 2 aromatic heterocycles. The lowest BCUT2D eigenvalue weighted by Crippen LogP contribution is -2.28. The Labute approximate surface area is 168 Å². The van der Waals surface area contributed by atoms with Gasteiger partial charge < -0.3 is 4.90 Å². The first-order valence-corrected chi connectivity index (χ1v) is 10.7. The van der Waals surface area contributed by atoms with Crippen LogP contribution in [0.15, 0.2) is 34.4 Å². The van der Waals surface area contributed by atoms with Crippen molar-refractivity contribution < 1.29 is 4.79 Å². The minimum atomic E-state index is -0.0525. The zero-order valence-electron chi connectivity index (χ0n) is 16.4.